The van der Waals surface area contributed by atoms with Crippen LogP contribution in [0, 0.1) is 11.8 Å². The Balaban J connectivity index is 0.947. The van der Waals surface area contributed by atoms with Crippen molar-refractivity contribution in [1.82, 2.24) is 15.2 Å². The minimum atomic E-state index is -1.57. The van der Waals surface area contributed by atoms with E-state index in [0.29, 0.717) is 41.1 Å². The van der Waals surface area contributed by atoms with Gasteiger partial charge in [0.25, 0.3) is 0 Å². The van der Waals surface area contributed by atoms with Crippen LogP contribution in [0.5, 0.6) is 5.75 Å². The van der Waals surface area contributed by atoms with E-state index in [1.807, 2.05) is 30.3 Å². The van der Waals surface area contributed by atoms with Gasteiger partial charge < -0.3 is 35.3 Å². The number of benzene rings is 2. The molecule has 2 fully saturated rings. The zero-order chi connectivity index (χ0) is 32.4. The lowest BCUT2D eigenvalue weighted by Crippen LogP contribution is -2.46. The third-order valence-electron chi connectivity index (χ3n) is 10.1. The van der Waals surface area contributed by atoms with Gasteiger partial charge in [-0.3, -0.25) is 4.79 Å². The van der Waals surface area contributed by atoms with Crippen molar-refractivity contribution >= 4 is 16.9 Å². The van der Waals surface area contributed by atoms with E-state index < -0.39 is 17.7 Å². The number of esters is 1. The van der Waals surface area contributed by atoms with E-state index in [0.717, 1.165) is 96.8 Å². The standard InChI is InChI=1S/C37H51N3O6/c41-32-17-15-30(31-16-18-34(43)39-35(31)32)33(42)25-38-21-9-1-2-10-22-40-23-19-27(20-24-40)26-46-36(44)37(45,28-11-5-3-6-12-28)29-13-7-4-8-14-29/h3,5-6,11-12,15-18,27,29,33,38,41-42,45H,1-2,4,7-10,13-14,19-26H2,(H,39,43)/t33-,37?/m0/s1. The van der Waals surface area contributed by atoms with Crippen molar-refractivity contribution in [2.24, 2.45) is 11.8 Å². The van der Waals surface area contributed by atoms with E-state index in [2.05, 4.69) is 15.2 Å². The number of unbranched alkanes of at least 4 members (excludes halogenated alkanes) is 3. The fourth-order valence-corrected chi connectivity index (χ4v) is 7.25. The van der Waals surface area contributed by atoms with Crippen molar-refractivity contribution in [2.75, 3.05) is 39.3 Å². The molecule has 9 heteroatoms. The second kappa shape index (κ2) is 16.5. The molecule has 0 radical (unpaired) electrons. The largest absolute Gasteiger partial charge is 0.506 e. The number of aliphatic hydroxyl groups is 2. The van der Waals surface area contributed by atoms with Crippen LogP contribution in [0.1, 0.15) is 87.9 Å². The maximum absolute atomic E-state index is 13.4. The van der Waals surface area contributed by atoms with Gasteiger partial charge in [0.2, 0.25) is 5.56 Å². The van der Waals surface area contributed by atoms with Gasteiger partial charge >= 0.3 is 5.97 Å². The Morgan fingerprint density at radius 3 is 2.46 bits per heavy atom. The summed E-state index contributed by atoms with van der Waals surface area (Å²) in [5.41, 5.74) is -0.192. The SMILES string of the molecule is O=C(OCC1CCN(CCCCCCNC[C@H](O)c2ccc(O)c3[nH]c(=O)ccc23)CC1)C(O)(c1ccccc1)C1CCCCC1. The monoisotopic (exact) mass is 633 g/mol. The first-order chi connectivity index (χ1) is 22.4. The Morgan fingerprint density at radius 1 is 0.957 bits per heavy atom. The van der Waals surface area contributed by atoms with Crippen LogP contribution in [0.4, 0.5) is 0 Å². The molecule has 2 heterocycles. The van der Waals surface area contributed by atoms with Gasteiger partial charge in [-0.25, -0.2) is 4.79 Å². The molecule has 1 saturated carbocycles. The summed E-state index contributed by atoms with van der Waals surface area (Å²) in [5.74, 6) is -0.261. The molecule has 3 aromatic rings. The molecule has 0 bridgehead atoms. The lowest BCUT2D eigenvalue weighted by molar-refractivity contribution is -0.177. The van der Waals surface area contributed by atoms with Crippen LogP contribution >= 0.6 is 0 Å². The number of fused-ring (bicyclic) bond motifs is 1. The number of nitrogens with one attached hydrogen (secondary N) is 2. The molecule has 1 aliphatic carbocycles. The predicted octanol–water partition coefficient (Wildman–Crippen LogP) is 5.14. The topological polar surface area (TPSA) is 135 Å². The lowest BCUT2D eigenvalue weighted by atomic mass is 9.73. The van der Waals surface area contributed by atoms with Crippen molar-refractivity contribution in [3.05, 3.63) is 76.1 Å². The number of phenols is 1. The molecule has 1 unspecified atom stereocenters. The van der Waals surface area contributed by atoms with Crippen molar-refractivity contribution in [3.63, 3.8) is 0 Å². The number of nitrogens with zero attached hydrogens (tertiary/aromatic N) is 1. The number of aromatic hydroxyl groups is 1. The van der Waals surface area contributed by atoms with Crippen molar-refractivity contribution in [2.45, 2.75) is 82.3 Å². The molecule has 2 aromatic carbocycles. The molecule has 2 atom stereocenters. The number of aliphatic hydroxyl groups excluding tert-OH is 1. The number of H-pyrrole nitrogens is 1. The van der Waals surface area contributed by atoms with Gasteiger partial charge in [-0.05, 0) is 93.9 Å². The highest BCUT2D eigenvalue weighted by Gasteiger charge is 2.47. The van der Waals surface area contributed by atoms with Crippen LogP contribution in [0.2, 0.25) is 0 Å². The summed E-state index contributed by atoms with van der Waals surface area (Å²) in [5, 5.41) is 36.5. The summed E-state index contributed by atoms with van der Waals surface area (Å²) in [6.07, 6.45) is 10.6. The van der Waals surface area contributed by atoms with Gasteiger partial charge in [-0.1, -0.05) is 68.5 Å². The third-order valence-corrected chi connectivity index (χ3v) is 10.1. The Bertz CT molecular complexity index is 1450. The normalized spacial score (nSPS) is 18.7. The molecule has 1 aromatic heterocycles. The molecule has 5 N–H and O–H groups in total. The van der Waals surface area contributed by atoms with Gasteiger partial charge in [0, 0.05) is 23.9 Å². The first-order valence-electron chi connectivity index (χ1n) is 17.3. The number of aromatic nitrogens is 1. The number of carbonyl (C=O) groups is 1. The van der Waals surface area contributed by atoms with E-state index in [9.17, 15) is 24.9 Å². The minimum absolute atomic E-state index is 0.00991. The first kappa shape index (κ1) is 34.1. The number of aromatic amines is 1. The molecular weight excluding hydrogens is 582 g/mol. The Hall–Kier alpha value is -3.24. The molecule has 1 aliphatic heterocycles. The van der Waals surface area contributed by atoms with Crippen molar-refractivity contribution in [3.8, 4) is 5.75 Å². The predicted molar refractivity (Wildman–Crippen MR) is 180 cm³/mol. The molecule has 5 rings (SSSR count). The molecule has 9 nitrogen and oxygen atoms in total. The highest BCUT2D eigenvalue weighted by atomic mass is 16.5. The highest BCUT2D eigenvalue weighted by Crippen LogP contribution is 2.40. The quantitative estimate of drug-likeness (QED) is 0.115. The zero-order valence-electron chi connectivity index (χ0n) is 27.0. The van der Waals surface area contributed by atoms with Gasteiger partial charge in [0.05, 0.1) is 18.2 Å². The highest BCUT2D eigenvalue weighted by molar-refractivity contribution is 5.87. The summed E-state index contributed by atoms with van der Waals surface area (Å²) in [7, 11) is 0. The number of hydrogen-bond acceptors (Lipinski definition) is 8. The lowest BCUT2D eigenvalue weighted by Gasteiger charge is -2.37. The van der Waals surface area contributed by atoms with Crippen LogP contribution in [0.25, 0.3) is 10.9 Å². The van der Waals surface area contributed by atoms with Crippen molar-refractivity contribution < 1.29 is 24.9 Å². The molecule has 250 valence electrons. The third kappa shape index (κ3) is 8.56. The number of carbonyl (C=O) groups excluding carboxylic acids is 1. The maximum atomic E-state index is 13.4. The number of ether oxygens (including phenoxy) is 1. The maximum Gasteiger partial charge on any atom is 0.343 e. The fraction of sp³-hybridized carbons (Fsp3) is 0.568. The number of likely N-dealkylation sites (tertiary alicyclic amines) is 1. The summed E-state index contributed by atoms with van der Waals surface area (Å²) in [4.78, 5) is 30.2. The Morgan fingerprint density at radius 2 is 1.70 bits per heavy atom. The van der Waals surface area contributed by atoms with Gasteiger partial charge in [0.15, 0.2) is 5.60 Å². The van der Waals surface area contributed by atoms with Crippen LogP contribution in [0.15, 0.2) is 59.4 Å². The average molecular weight is 634 g/mol. The number of pyridine rings is 1. The number of hydrogen-bond donors (Lipinski definition) is 5. The fourth-order valence-electron chi connectivity index (χ4n) is 7.25. The Kier molecular flexibility index (Phi) is 12.3. The van der Waals surface area contributed by atoms with Crippen LogP contribution in [0.3, 0.4) is 0 Å². The molecule has 2 aliphatic rings. The molecule has 0 amide bonds. The van der Waals surface area contributed by atoms with E-state index in [-0.39, 0.29) is 17.2 Å². The van der Waals surface area contributed by atoms with Gasteiger partial charge in [-0.15, -0.1) is 0 Å². The second-order valence-corrected chi connectivity index (χ2v) is 13.3. The van der Waals surface area contributed by atoms with E-state index in [4.69, 9.17) is 4.74 Å². The molecule has 1 saturated heterocycles. The van der Waals surface area contributed by atoms with Crippen LogP contribution in [-0.4, -0.2) is 70.5 Å². The molecule has 0 spiro atoms. The minimum Gasteiger partial charge on any atom is -0.506 e. The summed E-state index contributed by atoms with van der Waals surface area (Å²) < 4.78 is 5.85. The summed E-state index contributed by atoms with van der Waals surface area (Å²) >= 11 is 0. The van der Waals surface area contributed by atoms with Gasteiger partial charge in [0.1, 0.15) is 5.75 Å². The van der Waals surface area contributed by atoms with Crippen LogP contribution in [-0.2, 0) is 15.1 Å². The van der Waals surface area contributed by atoms with E-state index in [1.54, 1.807) is 12.1 Å². The second-order valence-electron chi connectivity index (χ2n) is 13.3. The number of piperidine rings is 1. The summed E-state index contributed by atoms with van der Waals surface area (Å²) in [6.45, 7) is 4.67. The van der Waals surface area contributed by atoms with Crippen LogP contribution < -0.4 is 10.9 Å². The smallest absolute Gasteiger partial charge is 0.343 e. The van der Waals surface area contributed by atoms with Crippen molar-refractivity contribution in [1.29, 1.82) is 0 Å². The first-order valence-corrected chi connectivity index (χ1v) is 17.3. The van der Waals surface area contributed by atoms with E-state index >= 15 is 0 Å². The average Bonchev–Trinajstić information content (AvgIpc) is 3.09. The van der Waals surface area contributed by atoms with E-state index in [1.165, 1.54) is 12.1 Å². The Labute approximate surface area is 272 Å². The molecular formula is C37H51N3O6. The van der Waals surface area contributed by atoms with Gasteiger partial charge in [-0.2, -0.15) is 0 Å². The molecule has 46 heavy (non-hydrogen) atoms. The number of rotatable bonds is 15. The zero-order valence-corrected chi connectivity index (χ0v) is 27.0. The summed E-state index contributed by atoms with van der Waals surface area (Å²) in [6, 6.07) is 15.6. The number of phenolic OH excluding ortho intramolecular Hbond substituents is 1.